The van der Waals surface area contributed by atoms with Crippen LogP contribution < -0.4 is 14.4 Å². The second kappa shape index (κ2) is 11.4. The Balaban J connectivity index is 1.47. The van der Waals surface area contributed by atoms with Crippen molar-refractivity contribution in [2.24, 2.45) is 5.41 Å². The number of benzene rings is 2. The summed E-state index contributed by atoms with van der Waals surface area (Å²) in [5.74, 6) is -0.860. The van der Waals surface area contributed by atoms with Gasteiger partial charge < -0.3 is 24.4 Å². The zero-order valence-electron chi connectivity index (χ0n) is 21.5. The maximum Gasteiger partial charge on any atom is 0.412 e. The number of likely N-dealkylation sites (tertiary alicyclic amines) is 1. The SMILES string of the molecule is CN(C)C(=O)COc1cc2c(cc1Cl)N(C(=O)O)CC(C(=O)N1CCC(C#N)(Cc3ccc(F)cc3)CC1)O2. The van der Waals surface area contributed by atoms with E-state index in [0.717, 1.165) is 10.5 Å². The Morgan fingerprint density at radius 2 is 1.90 bits per heavy atom. The van der Waals surface area contributed by atoms with Crippen molar-refractivity contribution in [1.82, 2.24) is 9.80 Å². The molecule has 2 heterocycles. The molecule has 1 N–H and O–H groups in total. The molecule has 0 radical (unpaired) electrons. The normalized spacial score (nSPS) is 17.9. The number of hydrogen-bond donors (Lipinski definition) is 1. The predicted molar refractivity (Wildman–Crippen MR) is 139 cm³/mol. The number of nitrogens with zero attached hydrogens (tertiary/aromatic N) is 4. The largest absolute Gasteiger partial charge is 0.482 e. The fraction of sp³-hybridized carbons (Fsp3) is 0.407. The average Bonchev–Trinajstić information content (AvgIpc) is 2.92. The molecule has 206 valence electrons. The van der Waals surface area contributed by atoms with Crippen molar-refractivity contribution in [3.8, 4) is 17.6 Å². The van der Waals surface area contributed by atoms with Crippen LogP contribution >= 0.6 is 11.6 Å². The third-order valence-corrected chi connectivity index (χ3v) is 7.30. The lowest BCUT2D eigenvalue weighted by Crippen LogP contribution is -2.54. The van der Waals surface area contributed by atoms with Gasteiger partial charge in [0.2, 0.25) is 0 Å². The Hall–Kier alpha value is -4.04. The number of fused-ring (bicyclic) bond motifs is 1. The maximum absolute atomic E-state index is 13.4. The van der Waals surface area contributed by atoms with Crippen molar-refractivity contribution < 1.29 is 33.4 Å². The first-order valence-corrected chi connectivity index (χ1v) is 12.7. The molecule has 0 aromatic heterocycles. The van der Waals surface area contributed by atoms with Crippen LogP contribution in [0.15, 0.2) is 36.4 Å². The molecule has 0 bridgehead atoms. The number of amides is 3. The minimum absolute atomic E-state index is 0.0818. The van der Waals surface area contributed by atoms with E-state index in [9.17, 15) is 29.1 Å². The summed E-state index contributed by atoms with van der Waals surface area (Å²) < 4.78 is 24.7. The molecule has 2 aliphatic heterocycles. The van der Waals surface area contributed by atoms with Crippen molar-refractivity contribution in [3.63, 3.8) is 0 Å². The van der Waals surface area contributed by atoms with Gasteiger partial charge in [0, 0.05) is 33.3 Å². The molecule has 1 saturated heterocycles. The zero-order valence-corrected chi connectivity index (χ0v) is 22.3. The zero-order chi connectivity index (χ0) is 28.3. The van der Waals surface area contributed by atoms with Crippen molar-refractivity contribution in [2.75, 3.05) is 45.2 Å². The van der Waals surface area contributed by atoms with Gasteiger partial charge in [-0.1, -0.05) is 23.7 Å². The van der Waals surface area contributed by atoms with Gasteiger partial charge in [0.25, 0.3) is 11.8 Å². The number of likely N-dealkylation sites (N-methyl/N-ethyl adjacent to an activating group) is 1. The number of ether oxygens (including phenoxy) is 2. The van der Waals surface area contributed by atoms with Gasteiger partial charge in [-0.15, -0.1) is 0 Å². The van der Waals surface area contributed by atoms with Crippen LogP contribution in [0, 0.1) is 22.6 Å². The van der Waals surface area contributed by atoms with E-state index in [2.05, 4.69) is 6.07 Å². The van der Waals surface area contributed by atoms with Gasteiger partial charge in [-0.05, 0) is 43.0 Å². The number of carbonyl (C=O) groups is 3. The minimum atomic E-state index is -1.29. The Bertz CT molecular complexity index is 1300. The summed E-state index contributed by atoms with van der Waals surface area (Å²) in [5, 5.41) is 19.8. The van der Waals surface area contributed by atoms with Gasteiger partial charge >= 0.3 is 6.09 Å². The van der Waals surface area contributed by atoms with Crippen LogP contribution in [0.25, 0.3) is 0 Å². The number of piperidine rings is 1. The van der Waals surface area contributed by atoms with Crippen LogP contribution in [0.4, 0.5) is 14.9 Å². The molecule has 3 amide bonds. The van der Waals surface area contributed by atoms with E-state index in [1.165, 1.54) is 29.2 Å². The number of anilines is 1. The Morgan fingerprint density at radius 3 is 2.49 bits per heavy atom. The van der Waals surface area contributed by atoms with Gasteiger partial charge in [0.15, 0.2) is 12.7 Å². The Kier molecular flexibility index (Phi) is 8.16. The summed E-state index contributed by atoms with van der Waals surface area (Å²) in [5.41, 5.74) is 0.296. The van der Waals surface area contributed by atoms with Gasteiger partial charge in [0.05, 0.1) is 28.7 Å². The Labute approximate surface area is 230 Å². The second-order valence-corrected chi connectivity index (χ2v) is 10.3. The molecule has 2 aliphatic rings. The first-order chi connectivity index (χ1) is 18.5. The summed E-state index contributed by atoms with van der Waals surface area (Å²) in [4.78, 5) is 41.3. The molecule has 39 heavy (non-hydrogen) atoms. The molecule has 0 spiro atoms. The van der Waals surface area contributed by atoms with E-state index < -0.39 is 23.5 Å². The third-order valence-electron chi connectivity index (χ3n) is 7.00. The monoisotopic (exact) mass is 558 g/mol. The Morgan fingerprint density at radius 1 is 1.23 bits per heavy atom. The molecule has 1 atom stereocenters. The molecule has 1 unspecified atom stereocenters. The molecular formula is C27H28ClFN4O6. The highest BCUT2D eigenvalue weighted by Crippen LogP contribution is 2.42. The van der Waals surface area contributed by atoms with E-state index in [-0.39, 0.29) is 60.2 Å². The molecule has 10 nitrogen and oxygen atoms in total. The van der Waals surface area contributed by atoms with Crippen LogP contribution in [-0.2, 0) is 16.0 Å². The van der Waals surface area contributed by atoms with Crippen molar-refractivity contribution in [3.05, 3.63) is 52.8 Å². The highest BCUT2D eigenvalue weighted by molar-refractivity contribution is 6.32. The number of hydrogen-bond acceptors (Lipinski definition) is 6. The predicted octanol–water partition coefficient (Wildman–Crippen LogP) is 3.57. The smallest absolute Gasteiger partial charge is 0.412 e. The lowest BCUT2D eigenvalue weighted by Gasteiger charge is -2.40. The van der Waals surface area contributed by atoms with Crippen LogP contribution in [-0.4, -0.2) is 79.3 Å². The molecular weight excluding hydrogens is 531 g/mol. The fourth-order valence-corrected chi connectivity index (χ4v) is 4.87. The number of rotatable bonds is 6. The standard InChI is InChI=1S/C27H28ClFN4O6/c1-31(2)24(34)15-38-21-12-22-20(11-19(21)28)33(26(36)37)14-23(39-22)25(35)32-9-7-27(16-30,8-10-32)13-17-3-5-18(29)6-4-17/h3-6,11-12,23H,7-10,13-15H2,1-2H3,(H,36,37). The van der Waals surface area contributed by atoms with E-state index in [0.29, 0.717) is 19.3 Å². The molecule has 0 saturated carbocycles. The van der Waals surface area contributed by atoms with E-state index >= 15 is 0 Å². The first kappa shape index (κ1) is 28.0. The van der Waals surface area contributed by atoms with E-state index in [1.54, 1.807) is 31.1 Å². The third kappa shape index (κ3) is 6.17. The van der Waals surface area contributed by atoms with Crippen LogP contribution in [0.5, 0.6) is 11.5 Å². The molecule has 4 rings (SSSR count). The molecule has 0 aliphatic carbocycles. The average molecular weight is 559 g/mol. The number of nitriles is 1. The van der Waals surface area contributed by atoms with Crippen LogP contribution in [0.2, 0.25) is 5.02 Å². The summed E-state index contributed by atoms with van der Waals surface area (Å²) in [6.07, 6.45) is -1.16. The van der Waals surface area contributed by atoms with Crippen molar-refractivity contribution in [2.45, 2.75) is 25.4 Å². The van der Waals surface area contributed by atoms with Gasteiger partial charge in [-0.3, -0.25) is 14.5 Å². The number of carboxylic acid groups (broad SMARTS) is 1. The minimum Gasteiger partial charge on any atom is -0.482 e. The van der Waals surface area contributed by atoms with Crippen molar-refractivity contribution in [1.29, 1.82) is 5.26 Å². The number of halogens is 2. The highest BCUT2D eigenvalue weighted by atomic mass is 35.5. The number of carbonyl (C=O) groups excluding carboxylic acids is 2. The topological polar surface area (TPSA) is 123 Å². The quantitative estimate of drug-likeness (QED) is 0.575. The van der Waals surface area contributed by atoms with Gasteiger partial charge in [-0.25, -0.2) is 9.18 Å². The molecule has 2 aromatic carbocycles. The van der Waals surface area contributed by atoms with Crippen LogP contribution in [0.1, 0.15) is 18.4 Å². The summed E-state index contributed by atoms with van der Waals surface area (Å²) in [6.45, 7) is 0.0408. The lowest BCUT2D eigenvalue weighted by molar-refractivity contribution is -0.140. The maximum atomic E-state index is 13.4. The molecule has 2 aromatic rings. The van der Waals surface area contributed by atoms with Gasteiger partial charge in [0.1, 0.15) is 17.3 Å². The molecule has 12 heteroatoms. The molecule has 1 fully saturated rings. The second-order valence-electron chi connectivity index (χ2n) is 9.85. The first-order valence-electron chi connectivity index (χ1n) is 12.3. The van der Waals surface area contributed by atoms with Crippen LogP contribution in [0.3, 0.4) is 0 Å². The summed E-state index contributed by atoms with van der Waals surface area (Å²) >= 11 is 6.28. The fourth-order valence-electron chi connectivity index (χ4n) is 4.65. The summed E-state index contributed by atoms with van der Waals surface area (Å²) in [6, 6.07) is 11.1. The highest BCUT2D eigenvalue weighted by Gasteiger charge is 2.41. The lowest BCUT2D eigenvalue weighted by atomic mass is 9.75. The van der Waals surface area contributed by atoms with Crippen molar-refractivity contribution >= 4 is 35.2 Å². The van der Waals surface area contributed by atoms with E-state index in [4.69, 9.17) is 21.1 Å². The van der Waals surface area contributed by atoms with Gasteiger partial charge in [-0.2, -0.15) is 5.26 Å². The summed E-state index contributed by atoms with van der Waals surface area (Å²) in [7, 11) is 3.16. The van der Waals surface area contributed by atoms with E-state index in [1.807, 2.05) is 0 Å².